The van der Waals surface area contributed by atoms with E-state index < -0.39 is 0 Å². The Balaban J connectivity index is 1.55. The Morgan fingerprint density at radius 1 is 1.13 bits per heavy atom. The Labute approximate surface area is 141 Å². The van der Waals surface area contributed by atoms with Crippen molar-refractivity contribution in [2.45, 2.75) is 13.5 Å². The van der Waals surface area contributed by atoms with Crippen LogP contribution in [0.2, 0.25) is 0 Å². The number of thiophene rings is 1. The third-order valence-corrected chi connectivity index (χ3v) is 5.09. The summed E-state index contributed by atoms with van der Waals surface area (Å²) in [6, 6.07) is 10.1. The molecule has 0 aliphatic carbocycles. The van der Waals surface area contributed by atoms with E-state index in [-0.39, 0.29) is 0 Å². The number of benzene rings is 1. The zero-order valence-corrected chi connectivity index (χ0v) is 14.0. The highest BCUT2D eigenvalue weighted by Crippen LogP contribution is 2.26. The van der Waals surface area contributed by atoms with Crippen molar-refractivity contribution in [2.24, 2.45) is 0 Å². The lowest BCUT2D eigenvalue weighted by atomic mass is 10.1. The molecule has 0 radical (unpaired) electrons. The zero-order valence-electron chi connectivity index (χ0n) is 12.4. The van der Waals surface area contributed by atoms with Crippen molar-refractivity contribution in [2.75, 3.05) is 0 Å². The van der Waals surface area contributed by atoms with E-state index in [1.807, 2.05) is 36.6 Å². The molecule has 0 atom stereocenters. The summed E-state index contributed by atoms with van der Waals surface area (Å²) in [5, 5.41) is 20.0. The van der Waals surface area contributed by atoms with Gasteiger partial charge in [0.05, 0.1) is 5.69 Å². The number of aryl methyl sites for hydroxylation is 1. The molecule has 0 unspecified atom stereocenters. The molecule has 0 amide bonds. The number of aromatic nitrogens is 5. The average Bonchev–Trinajstić information content (AvgIpc) is 3.29. The van der Waals surface area contributed by atoms with Crippen LogP contribution in [0.1, 0.15) is 11.3 Å². The second-order valence-corrected chi connectivity index (χ2v) is 6.75. The molecule has 0 aliphatic heterocycles. The molecule has 0 saturated carbocycles. The first-order chi connectivity index (χ1) is 11.3. The van der Waals surface area contributed by atoms with Gasteiger partial charge in [-0.3, -0.25) is 0 Å². The average molecular weight is 339 g/mol. The van der Waals surface area contributed by atoms with Crippen molar-refractivity contribution in [3.8, 4) is 22.0 Å². The Kier molecular flexibility index (Phi) is 3.72. The number of nitrogens with zero attached hydrogens (tertiary/aromatic N) is 5. The molecule has 0 fully saturated rings. The van der Waals surface area contributed by atoms with E-state index in [1.165, 1.54) is 5.56 Å². The summed E-state index contributed by atoms with van der Waals surface area (Å²) in [5.74, 6) is 0.649. The molecule has 4 aromatic rings. The molecule has 3 heterocycles. The molecule has 3 aromatic heterocycles. The first-order valence-electron chi connectivity index (χ1n) is 7.10. The predicted molar refractivity (Wildman–Crippen MR) is 92.5 cm³/mol. The van der Waals surface area contributed by atoms with Gasteiger partial charge in [0, 0.05) is 21.9 Å². The van der Waals surface area contributed by atoms with Crippen LogP contribution in [0, 0.1) is 6.92 Å². The second-order valence-electron chi connectivity index (χ2n) is 5.11. The van der Waals surface area contributed by atoms with Gasteiger partial charge in [0.25, 0.3) is 0 Å². The van der Waals surface area contributed by atoms with Crippen LogP contribution >= 0.6 is 22.7 Å². The number of hydrogen-bond acceptors (Lipinski definition) is 6. The largest absolute Gasteiger partial charge is 0.239 e. The lowest BCUT2D eigenvalue weighted by molar-refractivity contribution is 0.566. The van der Waals surface area contributed by atoms with Gasteiger partial charge in [-0.25, -0.2) is 4.98 Å². The monoisotopic (exact) mass is 339 g/mol. The van der Waals surface area contributed by atoms with Crippen molar-refractivity contribution >= 4 is 22.7 Å². The Morgan fingerprint density at radius 3 is 2.87 bits per heavy atom. The molecular formula is C16H13N5S2. The molecule has 7 heteroatoms. The van der Waals surface area contributed by atoms with Crippen molar-refractivity contribution in [3.05, 3.63) is 57.7 Å². The number of rotatable bonds is 4. The third-order valence-electron chi connectivity index (χ3n) is 3.46. The van der Waals surface area contributed by atoms with E-state index in [9.17, 15) is 0 Å². The Hall–Kier alpha value is -2.38. The Bertz CT molecular complexity index is 924. The van der Waals surface area contributed by atoms with Gasteiger partial charge in [-0.05, 0) is 29.1 Å². The van der Waals surface area contributed by atoms with Crippen LogP contribution in [0.25, 0.3) is 22.0 Å². The van der Waals surface area contributed by atoms with Crippen molar-refractivity contribution < 1.29 is 0 Å². The van der Waals surface area contributed by atoms with Gasteiger partial charge < -0.3 is 0 Å². The van der Waals surface area contributed by atoms with Gasteiger partial charge in [-0.15, -0.1) is 21.5 Å². The number of tetrazole rings is 1. The smallest absolute Gasteiger partial charge is 0.205 e. The van der Waals surface area contributed by atoms with Gasteiger partial charge in [0.1, 0.15) is 11.6 Å². The summed E-state index contributed by atoms with van der Waals surface area (Å²) >= 11 is 3.32. The van der Waals surface area contributed by atoms with E-state index in [1.54, 1.807) is 27.5 Å². The summed E-state index contributed by atoms with van der Waals surface area (Å²) < 4.78 is 0. The number of hydrogen-bond donors (Lipinski definition) is 0. The van der Waals surface area contributed by atoms with E-state index in [4.69, 9.17) is 0 Å². The molecule has 114 valence electrons. The highest BCUT2D eigenvalue weighted by molar-refractivity contribution is 7.14. The lowest BCUT2D eigenvalue weighted by Gasteiger charge is -1.98. The SMILES string of the molecule is Cc1ccccc1-c1nnn(Cc2csc(-c3ccsc3)n2)n1. The van der Waals surface area contributed by atoms with Crippen LogP contribution in [0.3, 0.4) is 0 Å². The van der Waals surface area contributed by atoms with E-state index in [2.05, 4.69) is 37.2 Å². The standard InChI is InChI=1S/C16H13N5S2/c1-11-4-2-3-5-14(11)15-18-20-21(19-15)8-13-10-23-16(17-13)12-6-7-22-9-12/h2-7,9-10H,8H2,1H3. The van der Waals surface area contributed by atoms with Gasteiger partial charge in [0.15, 0.2) is 0 Å². The van der Waals surface area contributed by atoms with Crippen LogP contribution in [-0.4, -0.2) is 25.2 Å². The molecule has 0 spiro atoms. The minimum Gasteiger partial charge on any atom is -0.239 e. The van der Waals surface area contributed by atoms with Crippen LogP contribution in [0.15, 0.2) is 46.5 Å². The van der Waals surface area contributed by atoms with Crippen molar-refractivity contribution in [1.82, 2.24) is 25.2 Å². The maximum atomic E-state index is 4.64. The lowest BCUT2D eigenvalue weighted by Crippen LogP contribution is -2.04. The molecular weight excluding hydrogens is 326 g/mol. The zero-order chi connectivity index (χ0) is 15.6. The minimum atomic E-state index is 0.527. The fourth-order valence-electron chi connectivity index (χ4n) is 2.29. The number of thiazole rings is 1. The summed E-state index contributed by atoms with van der Waals surface area (Å²) in [7, 11) is 0. The molecule has 23 heavy (non-hydrogen) atoms. The first kappa shape index (κ1) is 14.2. The maximum Gasteiger partial charge on any atom is 0.205 e. The highest BCUT2D eigenvalue weighted by Gasteiger charge is 2.10. The van der Waals surface area contributed by atoms with Crippen LogP contribution in [0.5, 0.6) is 0 Å². The predicted octanol–water partition coefficient (Wildman–Crippen LogP) is 3.88. The topological polar surface area (TPSA) is 56.5 Å². The minimum absolute atomic E-state index is 0.527. The van der Waals surface area contributed by atoms with Gasteiger partial charge in [-0.2, -0.15) is 16.1 Å². The van der Waals surface area contributed by atoms with Gasteiger partial charge in [-0.1, -0.05) is 24.3 Å². The van der Waals surface area contributed by atoms with E-state index >= 15 is 0 Å². The molecule has 1 aromatic carbocycles. The van der Waals surface area contributed by atoms with E-state index in [0.717, 1.165) is 21.8 Å². The fraction of sp³-hybridized carbons (Fsp3) is 0.125. The van der Waals surface area contributed by atoms with Gasteiger partial charge in [0.2, 0.25) is 5.82 Å². The maximum absolute atomic E-state index is 4.64. The van der Waals surface area contributed by atoms with Crippen molar-refractivity contribution in [1.29, 1.82) is 0 Å². The molecule has 4 rings (SSSR count). The van der Waals surface area contributed by atoms with Crippen LogP contribution in [-0.2, 0) is 6.54 Å². The summed E-state index contributed by atoms with van der Waals surface area (Å²) in [6.45, 7) is 2.57. The quantitative estimate of drug-likeness (QED) is 0.566. The first-order valence-corrected chi connectivity index (χ1v) is 8.92. The van der Waals surface area contributed by atoms with Crippen molar-refractivity contribution in [3.63, 3.8) is 0 Å². The second kappa shape index (κ2) is 6.02. The molecule has 0 bridgehead atoms. The summed E-state index contributed by atoms with van der Waals surface area (Å²) in [5.41, 5.74) is 4.26. The third kappa shape index (κ3) is 2.93. The Morgan fingerprint density at radius 2 is 2.04 bits per heavy atom. The van der Waals surface area contributed by atoms with Crippen LogP contribution in [0.4, 0.5) is 0 Å². The summed E-state index contributed by atoms with van der Waals surface area (Å²) in [6.07, 6.45) is 0. The van der Waals surface area contributed by atoms with Gasteiger partial charge >= 0.3 is 0 Å². The highest BCUT2D eigenvalue weighted by atomic mass is 32.1. The van der Waals surface area contributed by atoms with Crippen LogP contribution < -0.4 is 0 Å². The molecule has 0 N–H and O–H groups in total. The van der Waals surface area contributed by atoms with E-state index in [0.29, 0.717) is 12.4 Å². The normalized spacial score (nSPS) is 11.0. The summed E-state index contributed by atoms with van der Waals surface area (Å²) in [4.78, 5) is 6.24. The molecule has 5 nitrogen and oxygen atoms in total. The fourth-order valence-corrected chi connectivity index (χ4v) is 3.81. The molecule has 0 saturated heterocycles. The molecule has 0 aliphatic rings.